The average molecular weight is 357 g/mol. The smallest absolute Gasteiger partial charge is 0.408 e. The lowest BCUT2D eigenvalue weighted by atomic mass is 9.85. The standard InChI is InChI=1S/C15H19NO7S/c1-14(23-24(2,21)22)9-15(12(17)18,16(10-14)13(19)20)8-11-6-4-3-5-7-11/h3-7H,8-10H2,1-2H3,(H,17,18)(H,19,20). The van der Waals surface area contributed by atoms with Crippen molar-refractivity contribution in [3.8, 4) is 0 Å². The summed E-state index contributed by atoms with van der Waals surface area (Å²) in [6.07, 6.45) is -0.947. The van der Waals surface area contributed by atoms with Crippen molar-refractivity contribution in [1.82, 2.24) is 4.90 Å². The summed E-state index contributed by atoms with van der Waals surface area (Å²) in [7, 11) is -3.88. The second-order valence-corrected chi connectivity index (χ2v) is 7.86. The summed E-state index contributed by atoms with van der Waals surface area (Å²) in [6, 6.07) is 8.58. The van der Waals surface area contributed by atoms with Crippen molar-refractivity contribution in [3.05, 3.63) is 35.9 Å². The topological polar surface area (TPSA) is 121 Å². The molecule has 1 heterocycles. The molecule has 1 saturated heterocycles. The molecule has 2 unspecified atom stereocenters. The van der Waals surface area contributed by atoms with E-state index in [-0.39, 0.29) is 19.4 Å². The minimum atomic E-state index is -3.88. The third-order valence-electron chi connectivity index (χ3n) is 4.00. The summed E-state index contributed by atoms with van der Waals surface area (Å²) in [5.74, 6) is -1.34. The van der Waals surface area contributed by atoms with Crippen molar-refractivity contribution >= 4 is 22.2 Å². The number of amides is 1. The summed E-state index contributed by atoms with van der Waals surface area (Å²) in [5.41, 5.74) is -2.61. The summed E-state index contributed by atoms with van der Waals surface area (Å²) < 4.78 is 28.0. The normalized spacial score (nSPS) is 27.2. The molecule has 0 aliphatic carbocycles. The zero-order valence-corrected chi connectivity index (χ0v) is 14.1. The van der Waals surface area contributed by atoms with E-state index >= 15 is 0 Å². The van der Waals surface area contributed by atoms with E-state index < -0.39 is 33.3 Å². The monoisotopic (exact) mass is 357 g/mol. The van der Waals surface area contributed by atoms with E-state index in [1.54, 1.807) is 30.3 Å². The lowest BCUT2D eigenvalue weighted by molar-refractivity contribution is -0.148. The van der Waals surface area contributed by atoms with Crippen LogP contribution in [-0.4, -0.2) is 59.5 Å². The molecule has 8 nitrogen and oxygen atoms in total. The van der Waals surface area contributed by atoms with E-state index in [2.05, 4.69) is 0 Å². The number of benzene rings is 1. The molecule has 9 heteroatoms. The van der Waals surface area contributed by atoms with E-state index in [0.29, 0.717) is 5.56 Å². The third kappa shape index (κ3) is 3.68. The Morgan fingerprint density at radius 3 is 2.29 bits per heavy atom. The van der Waals surface area contributed by atoms with Crippen molar-refractivity contribution in [3.63, 3.8) is 0 Å². The fourth-order valence-electron chi connectivity index (χ4n) is 3.29. The highest BCUT2D eigenvalue weighted by Crippen LogP contribution is 2.41. The second-order valence-electron chi connectivity index (χ2n) is 6.28. The number of likely N-dealkylation sites (tertiary alicyclic amines) is 1. The molecule has 1 amide bonds. The van der Waals surface area contributed by atoms with E-state index in [1.807, 2.05) is 0 Å². The molecule has 1 fully saturated rings. The van der Waals surface area contributed by atoms with Gasteiger partial charge in [-0.15, -0.1) is 0 Å². The molecule has 2 rings (SSSR count). The first kappa shape index (κ1) is 18.2. The molecular weight excluding hydrogens is 338 g/mol. The highest BCUT2D eigenvalue weighted by atomic mass is 32.2. The molecule has 0 aromatic heterocycles. The van der Waals surface area contributed by atoms with Gasteiger partial charge in [0.25, 0.3) is 10.1 Å². The summed E-state index contributed by atoms with van der Waals surface area (Å²) in [5, 5.41) is 19.2. The van der Waals surface area contributed by atoms with Crippen molar-refractivity contribution in [2.24, 2.45) is 0 Å². The molecule has 1 aliphatic heterocycles. The Morgan fingerprint density at radius 1 is 1.25 bits per heavy atom. The molecule has 0 bridgehead atoms. The Bertz CT molecular complexity index is 748. The quantitative estimate of drug-likeness (QED) is 0.759. The molecule has 2 N–H and O–H groups in total. The summed E-state index contributed by atoms with van der Waals surface area (Å²) in [4.78, 5) is 24.4. The molecule has 0 spiro atoms. The number of rotatable bonds is 5. The van der Waals surface area contributed by atoms with Crippen molar-refractivity contribution in [1.29, 1.82) is 0 Å². The van der Waals surface area contributed by atoms with E-state index in [9.17, 15) is 28.2 Å². The molecule has 1 aromatic carbocycles. The van der Waals surface area contributed by atoms with Crippen LogP contribution in [0.3, 0.4) is 0 Å². The Labute approximate surface area is 139 Å². The largest absolute Gasteiger partial charge is 0.479 e. The number of carboxylic acid groups (broad SMARTS) is 2. The first-order valence-corrected chi connectivity index (χ1v) is 8.98. The first-order valence-electron chi connectivity index (χ1n) is 7.16. The fourth-order valence-corrected chi connectivity index (χ4v) is 4.13. The fraction of sp³-hybridized carbons (Fsp3) is 0.467. The van der Waals surface area contributed by atoms with Crippen LogP contribution in [0.15, 0.2) is 30.3 Å². The molecule has 2 atom stereocenters. The number of nitrogens with zero attached hydrogens (tertiary/aromatic N) is 1. The van der Waals surface area contributed by atoms with Gasteiger partial charge in [-0.25, -0.2) is 9.59 Å². The van der Waals surface area contributed by atoms with Crippen molar-refractivity contribution < 1.29 is 32.4 Å². The number of aliphatic carboxylic acids is 1. The maximum Gasteiger partial charge on any atom is 0.408 e. The second kappa shape index (κ2) is 6.06. The van der Waals surface area contributed by atoms with Crippen molar-refractivity contribution in [2.75, 3.05) is 12.8 Å². The van der Waals surface area contributed by atoms with Crippen LogP contribution in [0.5, 0.6) is 0 Å². The van der Waals surface area contributed by atoms with Gasteiger partial charge in [-0.1, -0.05) is 30.3 Å². The predicted molar refractivity (Wildman–Crippen MR) is 84.2 cm³/mol. The summed E-state index contributed by atoms with van der Waals surface area (Å²) >= 11 is 0. The maximum absolute atomic E-state index is 12.0. The van der Waals surface area contributed by atoms with Gasteiger partial charge in [0.05, 0.1) is 12.8 Å². The highest BCUT2D eigenvalue weighted by Gasteiger charge is 2.59. The van der Waals surface area contributed by atoms with Crippen LogP contribution in [0.4, 0.5) is 4.79 Å². The lowest BCUT2D eigenvalue weighted by Gasteiger charge is -2.32. The number of hydrogen-bond donors (Lipinski definition) is 2. The molecule has 1 aromatic rings. The van der Waals surface area contributed by atoms with Gasteiger partial charge in [0.1, 0.15) is 5.60 Å². The molecule has 1 aliphatic rings. The van der Waals surface area contributed by atoms with Crippen LogP contribution >= 0.6 is 0 Å². The molecule has 0 saturated carbocycles. The SMILES string of the molecule is CC1(OS(C)(=O)=O)CN(C(=O)O)C(Cc2ccccc2)(C(=O)O)C1. The average Bonchev–Trinajstić information content (AvgIpc) is 2.71. The van der Waals surface area contributed by atoms with Gasteiger partial charge >= 0.3 is 12.1 Å². The molecule has 24 heavy (non-hydrogen) atoms. The third-order valence-corrected chi connectivity index (χ3v) is 4.70. The van der Waals surface area contributed by atoms with Gasteiger partial charge in [0.2, 0.25) is 0 Å². The van der Waals surface area contributed by atoms with E-state index in [0.717, 1.165) is 11.2 Å². The van der Waals surface area contributed by atoms with Gasteiger partial charge in [0.15, 0.2) is 5.54 Å². The molecular formula is C15H19NO7S. The summed E-state index contributed by atoms with van der Waals surface area (Å²) in [6.45, 7) is 1.05. The number of carboxylic acids is 1. The lowest BCUT2D eigenvalue weighted by Crippen LogP contribution is -2.54. The Balaban J connectivity index is 2.47. The minimum Gasteiger partial charge on any atom is -0.479 e. The Kier molecular flexibility index (Phi) is 4.60. The van der Waals surface area contributed by atoms with Crippen LogP contribution in [0.2, 0.25) is 0 Å². The van der Waals surface area contributed by atoms with Crippen molar-refractivity contribution in [2.45, 2.75) is 30.9 Å². The van der Waals surface area contributed by atoms with Crippen LogP contribution in [0.25, 0.3) is 0 Å². The zero-order valence-electron chi connectivity index (χ0n) is 13.3. The van der Waals surface area contributed by atoms with E-state index in [4.69, 9.17) is 4.18 Å². The van der Waals surface area contributed by atoms with Crippen LogP contribution in [0.1, 0.15) is 18.9 Å². The maximum atomic E-state index is 12.0. The molecule has 132 valence electrons. The Morgan fingerprint density at radius 2 is 1.83 bits per heavy atom. The first-order chi connectivity index (χ1) is 11.0. The zero-order chi connectivity index (χ0) is 18.2. The highest BCUT2D eigenvalue weighted by molar-refractivity contribution is 7.86. The van der Waals surface area contributed by atoms with Gasteiger partial charge in [-0.05, 0) is 12.5 Å². The van der Waals surface area contributed by atoms with Gasteiger partial charge < -0.3 is 10.2 Å². The number of carbonyl (C=O) groups is 2. The predicted octanol–water partition coefficient (Wildman–Crippen LogP) is 1.17. The van der Waals surface area contributed by atoms with E-state index in [1.165, 1.54) is 6.92 Å². The van der Waals surface area contributed by atoms with Gasteiger partial charge in [-0.3, -0.25) is 9.08 Å². The molecule has 0 radical (unpaired) electrons. The van der Waals surface area contributed by atoms with Gasteiger partial charge in [-0.2, -0.15) is 8.42 Å². The van der Waals surface area contributed by atoms with Crippen LogP contribution in [0, 0.1) is 0 Å². The minimum absolute atomic E-state index is 0.0851. The van der Waals surface area contributed by atoms with Crippen LogP contribution < -0.4 is 0 Å². The van der Waals surface area contributed by atoms with Crippen LogP contribution in [-0.2, 0) is 25.5 Å². The Hall–Kier alpha value is -2.13. The number of hydrogen-bond acceptors (Lipinski definition) is 5. The van der Waals surface area contributed by atoms with Gasteiger partial charge in [0, 0.05) is 12.8 Å².